The van der Waals surface area contributed by atoms with Gasteiger partial charge < -0.3 is 14.8 Å². The van der Waals surface area contributed by atoms with E-state index in [9.17, 15) is 4.79 Å². The molecule has 0 fully saturated rings. The topological polar surface area (TPSA) is 65.4 Å². The van der Waals surface area contributed by atoms with Crippen LogP contribution in [-0.4, -0.2) is 22.8 Å². The minimum Gasteiger partial charge on any atom is -0.496 e. The highest BCUT2D eigenvalue weighted by Gasteiger charge is 2.06. The lowest BCUT2D eigenvalue weighted by Crippen LogP contribution is -2.20. The average Bonchev–Trinajstić information content (AvgIpc) is 3.24. The molecule has 1 amide bonds. The van der Waals surface area contributed by atoms with Gasteiger partial charge in [-0.3, -0.25) is 9.48 Å². The van der Waals surface area contributed by atoms with E-state index in [1.807, 2.05) is 73.3 Å². The van der Waals surface area contributed by atoms with E-state index in [4.69, 9.17) is 9.47 Å². The highest BCUT2D eigenvalue weighted by Crippen LogP contribution is 2.23. The van der Waals surface area contributed by atoms with Crippen LogP contribution >= 0.6 is 0 Å². The van der Waals surface area contributed by atoms with Crippen LogP contribution in [0.3, 0.4) is 0 Å². The summed E-state index contributed by atoms with van der Waals surface area (Å²) < 4.78 is 13.1. The molecule has 0 atom stereocenters. The molecule has 30 heavy (non-hydrogen) atoms. The number of carbonyl (C=O) groups is 1. The maximum Gasteiger partial charge on any atom is 0.244 e. The molecule has 0 saturated heterocycles. The minimum absolute atomic E-state index is 0.172. The first-order valence-electron chi connectivity index (χ1n) is 9.92. The van der Waals surface area contributed by atoms with Crippen molar-refractivity contribution in [3.8, 4) is 11.5 Å². The molecule has 0 spiro atoms. The Morgan fingerprint density at radius 3 is 2.67 bits per heavy atom. The Kier molecular flexibility index (Phi) is 7.27. The maximum atomic E-state index is 12.1. The molecular weight excluding hydrogens is 378 g/mol. The summed E-state index contributed by atoms with van der Waals surface area (Å²) in [6, 6.07) is 15.5. The lowest BCUT2D eigenvalue weighted by Gasteiger charge is -2.11. The van der Waals surface area contributed by atoms with Crippen LogP contribution in [-0.2, 0) is 24.5 Å². The lowest BCUT2D eigenvalue weighted by molar-refractivity contribution is -0.116. The van der Waals surface area contributed by atoms with Gasteiger partial charge in [0.2, 0.25) is 5.91 Å². The van der Waals surface area contributed by atoms with Gasteiger partial charge in [-0.2, -0.15) is 5.10 Å². The highest BCUT2D eigenvalue weighted by atomic mass is 16.5. The number of nitrogens with one attached hydrogen (secondary N) is 1. The third-order valence-electron chi connectivity index (χ3n) is 4.61. The quantitative estimate of drug-likeness (QED) is 0.544. The van der Waals surface area contributed by atoms with E-state index in [1.54, 1.807) is 13.2 Å². The van der Waals surface area contributed by atoms with E-state index in [1.165, 1.54) is 11.6 Å². The van der Waals surface area contributed by atoms with E-state index < -0.39 is 0 Å². The second-order valence-corrected chi connectivity index (χ2v) is 6.89. The third-order valence-corrected chi connectivity index (χ3v) is 4.61. The first-order chi connectivity index (χ1) is 14.6. The van der Waals surface area contributed by atoms with Crippen molar-refractivity contribution >= 4 is 12.0 Å². The maximum absolute atomic E-state index is 12.1. The molecule has 3 rings (SSSR count). The molecule has 1 aromatic heterocycles. The first kappa shape index (κ1) is 21.2. The van der Waals surface area contributed by atoms with Gasteiger partial charge in [-0.15, -0.1) is 0 Å². The van der Waals surface area contributed by atoms with Crippen LogP contribution in [0.15, 0.2) is 60.8 Å². The van der Waals surface area contributed by atoms with Gasteiger partial charge in [0.1, 0.15) is 18.1 Å². The zero-order valence-corrected chi connectivity index (χ0v) is 17.6. The first-order valence-corrected chi connectivity index (χ1v) is 9.92. The minimum atomic E-state index is -0.172. The summed E-state index contributed by atoms with van der Waals surface area (Å²) in [6.07, 6.45) is 5.19. The number of benzene rings is 2. The Labute approximate surface area is 177 Å². The van der Waals surface area contributed by atoms with Gasteiger partial charge in [-0.05, 0) is 55.8 Å². The Morgan fingerprint density at radius 2 is 1.97 bits per heavy atom. The Morgan fingerprint density at radius 1 is 1.17 bits per heavy atom. The molecule has 2 aromatic carbocycles. The fourth-order valence-corrected chi connectivity index (χ4v) is 2.89. The van der Waals surface area contributed by atoms with Gasteiger partial charge in [-0.1, -0.05) is 23.8 Å². The number of ether oxygens (including phenoxy) is 2. The van der Waals surface area contributed by atoms with Crippen molar-refractivity contribution in [3.63, 3.8) is 0 Å². The number of nitrogens with zero attached hydrogens (tertiary/aromatic N) is 2. The number of rotatable bonds is 9. The fourth-order valence-electron chi connectivity index (χ4n) is 2.89. The number of hydrogen-bond acceptors (Lipinski definition) is 4. The van der Waals surface area contributed by atoms with Crippen molar-refractivity contribution in [2.45, 2.75) is 33.5 Å². The SMILES string of the molecule is CCn1ccc(CNC(=O)/C=C/c2ccc(OC)c(COc3ccc(C)cc3)c2)n1. The molecule has 0 aliphatic carbocycles. The molecule has 6 nitrogen and oxygen atoms in total. The molecule has 0 bridgehead atoms. The molecule has 3 aromatic rings. The van der Waals surface area contributed by atoms with Gasteiger partial charge in [-0.25, -0.2) is 0 Å². The van der Waals surface area contributed by atoms with Gasteiger partial charge in [0.05, 0.1) is 19.3 Å². The molecule has 0 unspecified atom stereocenters. The summed E-state index contributed by atoms with van der Waals surface area (Å²) in [6.45, 7) is 5.64. The van der Waals surface area contributed by atoms with E-state index in [-0.39, 0.29) is 5.91 Å². The predicted molar refractivity (Wildman–Crippen MR) is 117 cm³/mol. The molecule has 156 valence electrons. The average molecular weight is 405 g/mol. The summed E-state index contributed by atoms with van der Waals surface area (Å²) in [5.74, 6) is 1.37. The zero-order valence-electron chi connectivity index (χ0n) is 17.6. The monoisotopic (exact) mass is 405 g/mol. The summed E-state index contributed by atoms with van der Waals surface area (Å²) in [7, 11) is 1.63. The van der Waals surface area contributed by atoms with Crippen LogP contribution in [0.2, 0.25) is 0 Å². The zero-order chi connectivity index (χ0) is 21.3. The molecule has 0 saturated carbocycles. The van der Waals surface area contributed by atoms with Crippen LogP contribution in [0.4, 0.5) is 0 Å². The van der Waals surface area contributed by atoms with Gasteiger partial charge in [0, 0.05) is 24.4 Å². The van der Waals surface area contributed by atoms with Crippen LogP contribution in [0.5, 0.6) is 11.5 Å². The molecule has 0 radical (unpaired) electrons. The number of aryl methyl sites for hydroxylation is 2. The number of amides is 1. The Hall–Kier alpha value is -3.54. The van der Waals surface area contributed by atoms with E-state index in [0.29, 0.717) is 13.2 Å². The molecule has 0 aliphatic heterocycles. The fraction of sp³-hybridized carbons (Fsp3) is 0.250. The second kappa shape index (κ2) is 10.3. The smallest absolute Gasteiger partial charge is 0.244 e. The highest BCUT2D eigenvalue weighted by molar-refractivity contribution is 5.91. The number of hydrogen-bond donors (Lipinski definition) is 1. The lowest BCUT2D eigenvalue weighted by atomic mass is 10.1. The van der Waals surface area contributed by atoms with Crippen molar-refractivity contribution < 1.29 is 14.3 Å². The number of carbonyl (C=O) groups excluding carboxylic acids is 1. The van der Waals surface area contributed by atoms with Crippen molar-refractivity contribution in [3.05, 3.63) is 83.2 Å². The summed E-state index contributed by atoms with van der Waals surface area (Å²) in [5, 5.41) is 7.19. The molecule has 6 heteroatoms. The van der Waals surface area contributed by atoms with Crippen LogP contribution in [0.1, 0.15) is 29.3 Å². The van der Waals surface area contributed by atoms with E-state index in [2.05, 4.69) is 10.4 Å². The normalized spacial score (nSPS) is 10.9. The second-order valence-electron chi connectivity index (χ2n) is 6.89. The van der Waals surface area contributed by atoms with Crippen LogP contribution in [0, 0.1) is 6.92 Å². The molecule has 1 N–H and O–H groups in total. The van der Waals surface area contributed by atoms with Crippen molar-refractivity contribution in [1.82, 2.24) is 15.1 Å². The largest absolute Gasteiger partial charge is 0.496 e. The van der Waals surface area contributed by atoms with Crippen molar-refractivity contribution in [1.29, 1.82) is 0 Å². The Balaban J connectivity index is 1.60. The summed E-state index contributed by atoms with van der Waals surface area (Å²) in [4.78, 5) is 12.1. The summed E-state index contributed by atoms with van der Waals surface area (Å²) in [5.41, 5.74) is 3.82. The van der Waals surface area contributed by atoms with Crippen LogP contribution in [0.25, 0.3) is 6.08 Å². The van der Waals surface area contributed by atoms with Crippen molar-refractivity contribution in [2.24, 2.45) is 0 Å². The van der Waals surface area contributed by atoms with Crippen LogP contribution < -0.4 is 14.8 Å². The summed E-state index contributed by atoms with van der Waals surface area (Å²) >= 11 is 0. The van der Waals surface area contributed by atoms with E-state index in [0.717, 1.165) is 34.9 Å². The van der Waals surface area contributed by atoms with Gasteiger partial charge >= 0.3 is 0 Å². The van der Waals surface area contributed by atoms with Gasteiger partial charge in [0.15, 0.2) is 0 Å². The van der Waals surface area contributed by atoms with E-state index >= 15 is 0 Å². The predicted octanol–water partition coefficient (Wildman–Crippen LogP) is 4.13. The number of aromatic nitrogens is 2. The standard InChI is InChI=1S/C24H27N3O3/c1-4-27-14-13-21(26-27)16-25-24(28)12-8-19-7-11-23(29-3)20(15-19)17-30-22-9-5-18(2)6-10-22/h5-15H,4,16-17H2,1-3H3,(H,25,28)/b12-8+. The molecule has 0 aliphatic rings. The molecular formula is C24H27N3O3. The Bertz CT molecular complexity index is 1010. The number of methoxy groups -OCH3 is 1. The molecule has 1 heterocycles. The third kappa shape index (κ3) is 5.98. The van der Waals surface area contributed by atoms with Gasteiger partial charge in [0.25, 0.3) is 0 Å². The van der Waals surface area contributed by atoms with Crippen molar-refractivity contribution in [2.75, 3.05) is 7.11 Å².